The maximum absolute atomic E-state index is 14.1. The van der Waals surface area contributed by atoms with Crippen LogP contribution in [0, 0.1) is 19.7 Å². The number of aliphatic imine (C=N–C) groups is 1. The first-order chi connectivity index (χ1) is 13.5. The van der Waals surface area contributed by atoms with Gasteiger partial charge >= 0.3 is 0 Å². The molecule has 29 heavy (non-hydrogen) atoms. The van der Waals surface area contributed by atoms with Gasteiger partial charge in [-0.05, 0) is 32.9 Å². The van der Waals surface area contributed by atoms with Crippen LogP contribution in [-0.2, 0) is 0 Å². The molecule has 6 nitrogen and oxygen atoms in total. The zero-order chi connectivity index (χ0) is 20.1. The van der Waals surface area contributed by atoms with Crippen molar-refractivity contribution in [1.82, 2.24) is 15.4 Å². The molecule has 0 bridgehead atoms. The van der Waals surface area contributed by atoms with Crippen LogP contribution in [0.5, 0.6) is 0 Å². The molecular formula is C21H31FIN5O. The molecule has 1 atom stereocenters. The van der Waals surface area contributed by atoms with E-state index in [-0.39, 0.29) is 35.7 Å². The zero-order valence-corrected chi connectivity index (χ0v) is 19.9. The molecule has 1 unspecified atom stereocenters. The molecule has 1 N–H and O–H groups in total. The number of nitrogens with zero attached hydrogens (tertiary/aromatic N) is 4. The van der Waals surface area contributed by atoms with Crippen LogP contribution in [0.1, 0.15) is 36.8 Å². The molecule has 1 aromatic carbocycles. The molecule has 0 spiro atoms. The smallest absolute Gasteiger partial charge is 0.194 e. The van der Waals surface area contributed by atoms with Crippen molar-refractivity contribution in [3.05, 3.63) is 47.1 Å². The van der Waals surface area contributed by atoms with Crippen molar-refractivity contribution in [2.24, 2.45) is 4.99 Å². The second-order valence-electron chi connectivity index (χ2n) is 7.26. The SMILES string of the molecule is CCNC(=NCC(C)c1c(C)noc1C)N1CCN(c2ccccc2F)CC1.I. The van der Waals surface area contributed by atoms with Crippen molar-refractivity contribution >= 4 is 35.6 Å². The minimum Gasteiger partial charge on any atom is -0.366 e. The van der Waals surface area contributed by atoms with Gasteiger partial charge in [-0.15, -0.1) is 24.0 Å². The lowest BCUT2D eigenvalue weighted by Gasteiger charge is -2.37. The van der Waals surface area contributed by atoms with E-state index in [0.717, 1.165) is 55.7 Å². The summed E-state index contributed by atoms with van der Waals surface area (Å²) in [5, 5.41) is 7.44. The second kappa shape index (κ2) is 10.8. The van der Waals surface area contributed by atoms with Crippen molar-refractivity contribution in [1.29, 1.82) is 0 Å². The molecule has 1 aromatic heterocycles. The summed E-state index contributed by atoms with van der Waals surface area (Å²) in [6.07, 6.45) is 0. The minimum absolute atomic E-state index is 0. The lowest BCUT2D eigenvalue weighted by molar-refractivity contribution is 0.370. The Balaban J connectivity index is 0.00000300. The van der Waals surface area contributed by atoms with E-state index >= 15 is 0 Å². The quantitative estimate of drug-likeness (QED) is 0.372. The van der Waals surface area contributed by atoms with E-state index in [0.29, 0.717) is 12.2 Å². The topological polar surface area (TPSA) is 56.9 Å². The molecule has 160 valence electrons. The van der Waals surface area contributed by atoms with Crippen molar-refractivity contribution in [2.75, 3.05) is 44.2 Å². The molecule has 8 heteroatoms. The van der Waals surface area contributed by atoms with Gasteiger partial charge in [0.1, 0.15) is 11.6 Å². The molecule has 2 heterocycles. The highest BCUT2D eigenvalue weighted by atomic mass is 127. The molecule has 0 radical (unpaired) electrons. The first-order valence-electron chi connectivity index (χ1n) is 9.96. The molecule has 1 fully saturated rings. The number of aryl methyl sites for hydroxylation is 2. The lowest BCUT2D eigenvalue weighted by atomic mass is 10.00. The number of guanidine groups is 1. The summed E-state index contributed by atoms with van der Waals surface area (Å²) < 4.78 is 19.3. The molecule has 0 saturated carbocycles. The van der Waals surface area contributed by atoms with E-state index in [1.54, 1.807) is 6.07 Å². The highest BCUT2D eigenvalue weighted by Crippen LogP contribution is 2.24. The Kier molecular flexibility index (Phi) is 8.73. The Morgan fingerprint density at radius 3 is 2.52 bits per heavy atom. The van der Waals surface area contributed by atoms with Crippen LogP contribution in [0.2, 0.25) is 0 Å². The second-order valence-corrected chi connectivity index (χ2v) is 7.26. The molecule has 0 amide bonds. The van der Waals surface area contributed by atoms with Crippen LogP contribution in [0.25, 0.3) is 0 Å². The standard InChI is InChI=1S/C21H30FN5O.HI/c1-5-23-21(24-14-15(2)20-16(3)25-28-17(20)4)27-12-10-26(11-13-27)19-9-7-6-8-18(19)22;/h6-9,15H,5,10-14H2,1-4H3,(H,23,24);1H. The number of anilines is 1. The molecule has 1 aliphatic heterocycles. The Bertz CT molecular complexity index is 798. The number of halogens is 2. The summed E-state index contributed by atoms with van der Waals surface area (Å²) in [6.45, 7) is 12.8. The van der Waals surface area contributed by atoms with E-state index in [9.17, 15) is 4.39 Å². The third kappa shape index (κ3) is 5.61. The Labute approximate surface area is 189 Å². The van der Waals surface area contributed by atoms with Gasteiger partial charge in [-0.1, -0.05) is 24.2 Å². The Morgan fingerprint density at radius 2 is 1.93 bits per heavy atom. The predicted molar refractivity (Wildman–Crippen MR) is 126 cm³/mol. The minimum atomic E-state index is -0.162. The summed E-state index contributed by atoms with van der Waals surface area (Å²) in [5.41, 5.74) is 2.75. The number of para-hydroxylation sites is 1. The van der Waals surface area contributed by atoms with Crippen molar-refractivity contribution < 1.29 is 8.91 Å². The monoisotopic (exact) mass is 515 g/mol. The first-order valence-corrected chi connectivity index (χ1v) is 9.96. The Morgan fingerprint density at radius 1 is 1.24 bits per heavy atom. The fourth-order valence-corrected chi connectivity index (χ4v) is 3.80. The number of benzene rings is 1. The highest BCUT2D eigenvalue weighted by molar-refractivity contribution is 14.0. The van der Waals surface area contributed by atoms with Gasteiger partial charge in [-0.2, -0.15) is 0 Å². The van der Waals surface area contributed by atoms with Gasteiger partial charge < -0.3 is 19.6 Å². The third-order valence-corrected chi connectivity index (χ3v) is 5.20. The van der Waals surface area contributed by atoms with Crippen molar-refractivity contribution in [2.45, 2.75) is 33.6 Å². The van der Waals surface area contributed by atoms with Crippen molar-refractivity contribution in [3.63, 3.8) is 0 Å². The van der Waals surface area contributed by atoms with Gasteiger partial charge in [0.15, 0.2) is 5.96 Å². The number of nitrogens with one attached hydrogen (secondary N) is 1. The third-order valence-electron chi connectivity index (χ3n) is 5.20. The van der Waals surface area contributed by atoms with Gasteiger partial charge in [0, 0.05) is 50.7 Å². The normalized spacial score (nSPS) is 15.8. The summed E-state index contributed by atoms with van der Waals surface area (Å²) in [5.74, 6) is 1.85. The Hall–Kier alpha value is -1.84. The first kappa shape index (κ1) is 23.4. The molecule has 1 aliphatic rings. The van der Waals surface area contributed by atoms with Gasteiger partial charge in [0.25, 0.3) is 0 Å². The maximum Gasteiger partial charge on any atom is 0.194 e. The fraction of sp³-hybridized carbons (Fsp3) is 0.524. The molecule has 0 aliphatic carbocycles. The highest BCUT2D eigenvalue weighted by Gasteiger charge is 2.22. The summed E-state index contributed by atoms with van der Waals surface area (Å²) in [4.78, 5) is 9.21. The van der Waals surface area contributed by atoms with Gasteiger partial charge in [0.2, 0.25) is 0 Å². The van der Waals surface area contributed by atoms with Crippen LogP contribution in [0.3, 0.4) is 0 Å². The zero-order valence-electron chi connectivity index (χ0n) is 17.6. The molecule has 3 rings (SSSR count). The molecule has 2 aromatic rings. The fourth-order valence-electron chi connectivity index (χ4n) is 3.80. The average molecular weight is 515 g/mol. The number of piperazine rings is 1. The van der Waals surface area contributed by atoms with E-state index in [1.165, 1.54) is 6.07 Å². The number of rotatable bonds is 5. The predicted octanol–water partition coefficient (Wildman–Crippen LogP) is 3.94. The van der Waals surface area contributed by atoms with Crippen LogP contribution in [0.4, 0.5) is 10.1 Å². The van der Waals surface area contributed by atoms with Gasteiger partial charge in [0.05, 0.1) is 11.4 Å². The maximum atomic E-state index is 14.1. The van der Waals surface area contributed by atoms with E-state index in [1.807, 2.05) is 26.0 Å². The summed E-state index contributed by atoms with van der Waals surface area (Å²) in [6, 6.07) is 6.97. The number of hydrogen-bond donors (Lipinski definition) is 1. The number of hydrogen-bond acceptors (Lipinski definition) is 4. The molecular weight excluding hydrogens is 484 g/mol. The number of aromatic nitrogens is 1. The van der Waals surface area contributed by atoms with E-state index in [4.69, 9.17) is 9.52 Å². The molecule has 1 saturated heterocycles. The van der Waals surface area contributed by atoms with Crippen LogP contribution >= 0.6 is 24.0 Å². The van der Waals surface area contributed by atoms with Gasteiger partial charge in [-0.25, -0.2) is 4.39 Å². The largest absolute Gasteiger partial charge is 0.366 e. The summed E-state index contributed by atoms with van der Waals surface area (Å²) in [7, 11) is 0. The van der Waals surface area contributed by atoms with Crippen molar-refractivity contribution in [3.8, 4) is 0 Å². The van der Waals surface area contributed by atoms with Crippen LogP contribution in [-0.4, -0.2) is 55.3 Å². The van der Waals surface area contributed by atoms with E-state index in [2.05, 4.69) is 34.1 Å². The summed E-state index contributed by atoms with van der Waals surface area (Å²) >= 11 is 0. The lowest BCUT2D eigenvalue weighted by Crippen LogP contribution is -2.52. The van der Waals surface area contributed by atoms with Crippen LogP contribution < -0.4 is 10.2 Å². The van der Waals surface area contributed by atoms with Crippen LogP contribution in [0.15, 0.2) is 33.8 Å². The average Bonchev–Trinajstić information content (AvgIpc) is 3.04. The van der Waals surface area contributed by atoms with Gasteiger partial charge in [-0.3, -0.25) is 4.99 Å². The van der Waals surface area contributed by atoms with E-state index < -0.39 is 0 Å².